The smallest absolute Gasteiger partial charge is 0.342 e. The molecule has 1 aliphatic heterocycles. The van der Waals surface area contributed by atoms with E-state index < -0.39 is 11.5 Å². The summed E-state index contributed by atoms with van der Waals surface area (Å²) in [5.74, 6) is -0.801. The van der Waals surface area contributed by atoms with Gasteiger partial charge in [-0.1, -0.05) is 24.3 Å². The minimum absolute atomic E-state index is 0.129. The van der Waals surface area contributed by atoms with Crippen LogP contribution in [0, 0.1) is 0 Å². The van der Waals surface area contributed by atoms with Gasteiger partial charge in [-0.15, -0.1) is 0 Å². The molecule has 3 rings (SSSR count). The van der Waals surface area contributed by atoms with Gasteiger partial charge >= 0.3 is 5.97 Å². The molecule has 2 heterocycles. The monoisotopic (exact) mass is 297 g/mol. The molecule has 1 aromatic heterocycles. The second-order valence-electron chi connectivity index (χ2n) is 5.17. The maximum absolute atomic E-state index is 12.4. The second-order valence-corrected chi connectivity index (χ2v) is 5.17. The van der Waals surface area contributed by atoms with Crippen LogP contribution in [-0.4, -0.2) is 20.6 Å². The summed E-state index contributed by atoms with van der Waals surface area (Å²) in [5, 5.41) is 12.3. The highest BCUT2D eigenvalue weighted by molar-refractivity contribution is 5.87. The van der Waals surface area contributed by atoms with Crippen LogP contribution in [0.4, 0.5) is 5.69 Å². The Balaban J connectivity index is 2.07. The predicted molar refractivity (Wildman–Crippen MR) is 82.8 cm³/mol. The summed E-state index contributed by atoms with van der Waals surface area (Å²) in [6.07, 6.45) is 3.72. The van der Waals surface area contributed by atoms with Crippen molar-refractivity contribution in [3.8, 4) is 0 Å². The highest BCUT2D eigenvalue weighted by atomic mass is 16.4. The average Bonchev–Trinajstić information content (AvgIpc) is 2.51. The SMILES string of the molecule is C[C@@H]1CC=C(Nc2ccccc2)c2ncc(C(=O)O)c(=O)n21. The van der Waals surface area contributed by atoms with Gasteiger partial charge in [0.1, 0.15) is 5.56 Å². The molecule has 0 saturated heterocycles. The third-order valence-corrected chi connectivity index (χ3v) is 3.62. The molecule has 6 nitrogen and oxygen atoms in total. The summed E-state index contributed by atoms with van der Waals surface area (Å²) in [5.41, 5.74) is 0.756. The van der Waals surface area contributed by atoms with Crippen molar-refractivity contribution in [2.24, 2.45) is 0 Å². The molecule has 0 radical (unpaired) electrons. The van der Waals surface area contributed by atoms with Gasteiger partial charge in [-0.25, -0.2) is 9.78 Å². The lowest BCUT2D eigenvalue weighted by Crippen LogP contribution is -2.34. The number of hydrogen-bond acceptors (Lipinski definition) is 4. The van der Waals surface area contributed by atoms with E-state index in [9.17, 15) is 9.59 Å². The number of para-hydroxylation sites is 1. The Morgan fingerprint density at radius 3 is 2.77 bits per heavy atom. The van der Waals surface area contributed by atoms with E-state index in [0.29, 0.717) is 17.9 Å². The number of carboxylic acid groups (broad SMARTS) is 1. The zero-order valence-corrected chi connectivity index (χ0v) is 12.0. The average molecular weight is 297 g/mol. The highest BCUT2D eigenvalue weighted by Crippen LogP contribution is 2.26. The molecule has 1 aromatic carbocycles. The van der Waals surface area contributed by atoms with Crippen LogP contribution < -0.4 is 10.9 Å². The van der Waals surface area contributed by atoms with Crippen LogP contribution in [0.1, 0.15) is 35.6 Å². The van der Waals surface area contributed by atoms with E-state index in [4.69, 9.17) is 5.11 Å². The number of hydrogen-bond donors (Lipinski definition) is 2. The van der Waals surface area contributed by atoms with Gasteiger partial charge in [0, 0.05) is 17.9 Å². The summed E-state index contributed by atoms with van der Waals surface area (Å²) in [6, 6.07) is 9.42. The van der Waals surface area contributed by atoms with Crippen molar-refractivity contribution in [1.29, 1.82) is 0 Å². The van der Waals surface area contributed by atoms with Gasteiger partial charge in [0.2, 0.25) is 0 Å². The van der Waals surface area contributed by atoms with Crippen molar-refractivity contribution in [3.05, 3.63) is 64.3 Å². The number of nitrogens with one attached hydrogen (secondary N) is 1. The van der Waals surface area contributed by atoms with E-state index in [-0.39, 0.29) is 11.6 Å². The number of allylic oxidation sites excluding steroid dienone is 1. The molecule has 1 atom stereocenters. The molecule has 22 heavy (non-hydrogen) atoms. The van der Waals surface area contributed by atoms with E-state index in [1.54, 1.807) is 0 Å². The summed E-state index contributed by atoms with van der Waals surface area (Å²) < 4.78 is 1.44. The Morgan fingerprint density at radius 1 is 1.36 bits per heavy atom. The number of carbonyl (C=O) groups is 1. The summed E-state index contributed by atoms with van der Waals surface area (Å²) in [4.78, 5) is 27.6. The topological polar surface area (TPSA) is 84.2 Å². The summed E-state index contributed by atoms with van der Waals surface area (Å²) >= 11 is 0. The van der Waals surface area contributed by atoms with Crippen LogP contribution in [0.25, 0.3) is 5.70 Å². The fourth-order valence-electron chi connectivity index (χ4n) is 2.49. The van der Waals surface area contributed by atoms with Crippen LogP contribution in [0.2, 0.25) is 0 Å². The number of benzene rings is 1. The molecule has 2 N–H and O–H groups in total. The first-order valence-electron chi connectivity index (χ1n) is 6.95. The maximum atomic E-state index is 12.4. The number of anilines is 1. The first-order chi connectivity index (χ1) is 10.6. The van der Waals surface area contributed by atoms with Crippen molar-refractivity contribution in [2.45, 2.75) is 19.4 Å². The van der Waals surface area contributed by atoms with Gasteiger partial charge in [0.15, 0.2) is 5.82 Å². The minimum Gasteiger partial charge on any atom is -0.477 e. The van der Waals surface area contributed by atoms with Crippen molar-refractivity contribution >= 4 is 17.4 Å². The lowest BCUT2D eigenvalue weighted by atomic mass is 10.1. The van der Waals surface area contributed by atoms with Gasteiger partial charge in [-0.3, -0.25) is 9.36 Å². The molecule has 0 amide bonds. The Hall–Kier alpha value is -2.89. The number of carboxylic acids is 1. The molecular formula is C16H15N3O3. The first kappa shape index (κ1) is 14.1. The Kier molecular flexibility index (Phi) is 3.50. The standard InChI is InChI=1S/C16H15N3O3/c1-10-7-8-13(18-11-5-3-2-4-6-11)14-17-9-12(16(21)22)15(20)19(10)14/h2-6,8-10,18H,7H2,1H3,(H,21,22)/t10-/m1/s1. The molecule has 112 valence electrons. The Morgan fingerprint density at radius 2 is 2.09 bits per heavy atom. The largest absolute Gasteiger partial charge is 0.477 e. The minimum atomic E-state index is -1.26. The molecule has 0 saturated carbocycles. The number of aromatic nitrogens is 2. The van der Waals surface area contributed by atoms with E-state index in [2.05, 4.69) is 10.3 Å². The molecule has 0 aliphatic carbocycles. The Bertz CT molecular complexity index is 809. The van der Waals surface area contributed by atoms with Gasteiger partial charge in [0.25, 0.3) is 5.56 Å². The van der Waals surface area contributed by atoms with Gasteiger partial charge < -0.3 is 10.4 Å². The van der Waals surface area contributed by atoms with Crippen molar-refractivity contribution in [2.75, 3.05) is 5.32 Å². The summed E-state index contributed by atoms with van der Waals surface area (Å²) in [7, 11) is 0. The van der Waals surface area contributed by atoms with E-state index in [1.165, 1.54) is 4.57 Å². The van der Waals surface area contributed by atoms with E-state index in [1.807, 2.05) is 43.3 Å². The van der Waals surface area contributed by atoms with E-state index >= 15 is 0 Å². The third kappa shape index (κ3) is 2.39. The highest BCUT2D eigenvalue weighted by Gasteiger charge is 2.24. The van der Waals surface area contributed by atoms with Gasteiger partial charge in [-0.2, -0.15) is 0 Å². The van der Waals surface area contributed by atoms with Crippen LogP contribution >= 0.6 is 0 Å². The quantitative estimate of drug-likeness (QED) is 0.908. The van der Waals surface area contributed by atoms with Crippen molar-refractivity contribution < 1.29 is 9.90 Å². The van der Waals surface area contributed by atoms with Crippen LogP contribution in [0.3, 0.4) is 0 Å². The Labute approximate surface area is 126 Å². The molecule has 2 aromatic rings. The molecule has 0 bridgehead atoms. The molecule has 0 fully saturated rings. The van der Waals surface area contributed by atoms with Gasteiger partial charge in [0.05, 0.1) is 5.70 Å². The van der Waals surface area contributed by atoms with Crippen LogP contribution in [0.5, 0.6) is 0 Å². The zero-order valence-electron chi connectivity index (χ0n) is 12.0. The molecule has 0 spiro atoms. The fourth-order valence-corrected chi connectivity index (χ4v) is 2.49. The lowest BCUT2D eigenvalue weighted by molar-refractivity contribution is 0.0693. The van der Waals surface area contributed by atoms with Crippen molar-refractivity contribution in [1.82, 2.24) is 9.55 Å². The number of fused-ring (bicyclic) bond motifs is 1. The fraction of sp³-hybridized carbons (Fsp3) is 0.188. The van der Waals surface area contributed by atoms with Gasteiger partial charge in [-0.05, 0) is 25.5 Å². The normalized spacial score (nSPS) is 16.6. The maximum Gasteiger partial charge on any atom is 0.342 e. The number of nitrogens with zero attached hydrogens (tertiary/aromatic N) is 2. The van der Waals surface area contributed by atoms with E-state index in [0.717, 1.165) is 11.9 Å². The molecule has 1 aliphatic rings. The summed E-state index contributed by atoms with van der Waals surface area (Å²) in [6.45, 7) is 1.87. The third-order valence-electron chi connectivity index (χ3n) is 3.62. The first-order valence-corrected chi connectivity index (χ1v) is 6.95. The predicted octanol–water partition coefficient (Wildman–Crippen LogP) is 2.36. The molecule has 6 heteroatoms. The molecular weight excluding hydrogens is 282 g/mol. The van der Waals surface area contributed by atoms with Crippen LogP contribution in [-0.2, 0) is 0 Å². The number of aromatic carboxylic acids is 1. The van der Waals surface area contributed by atoms with Crippen molar-refractivity contribution in [3.63, 3.8) is 0 Å². The lowest BCUT2D eigenvalue weighted by Gasteiger charge is -2.25. The zero-order chi connectivity index (χ0) is 15.7. The molecule has 0 unspecified atom stereocenters. The van der Waals surface area contributed by atoms with Crippen LogP contribution in [0.15, 0.2) is 47.4 Å². The number of rotatable bonds is 3. The second kappa shape index (κ2) is 5.48.